The van der Waals surface area contributed by atoms with E-state index in [1.807, 2.05) is 50.4 Å². The van der Waals surface area contributed by atoms with Crippen LogP contribution in [0.25, 0.3) is 0 Å². The second-order valence-corrected chi connectivity index (χ2v) is 14.1. The standard InChI is InChI=1S/C21H19F2N7O2.C19H26N4O2/c22-17-7-3-1-5-14(17)9-19-20(27-28-26-19)10-24-21(31)32-13-16-12-30(29-25-16)11-15-6-2-4-8-18(15)23;1-19(2,25-18(24)20-16-11-7-4-8-12-16)17-14-23(22-21-17)13-15-9-5-3-6-10-15/h1-8,12H,9-11,13H2,(H,24,31)(H,26,27,28);3,5-6,9-10,14,16H,4,7-8,11-13H2,1-2H3,(H,20,24). The monoisotopic (exact) mass is 781 g/mol. The molecule has 0 unspecified atom stereocenters. The first kappa shape index (κ1) is 40.2. The van der Waals surface area contributed by atoms with Gasteiger partial charge in [0.05, 0.1) is 37.7 Å². The average Bonchev–Trinajstić information content (AvgIpc) is 3.98. The molecule has 17 heteroatoms. The van der Waals surface area contributed by atoms with Crippen molar-refractivity contribution in [1.29, 1.82) is 0 Å². The van der Waals surface area contributed by atoms with Crippen LogP contribution in [0.1, 0.15) is 85.4 Å². The molecule has 3 heterocycles. The summed E-state index contributed by atoms with van der Waals surface area (Å²) in [6, 6.07) is 23.0. The van der Waals surface area contributed by atoms with Crippen LogP contribution in [0.5, 0.6) is 0 Å². The third-order valence-corrected chi connectivity index (χ3v) is 9.26. The molecule has 57 heavy (non-hydrogen) atoms. The van der Waals surface area contributed by atoms with Crippen molar-refractivity contribution in [3.63, 3.8) is 0 Å². The van der Waals surface area contributed by atoms with Crippen LogP contribution in [0.15, 0.2) is 91.3 Å². The molecule has 0 aliphatic heterocycles. The van der Waals surface area contributed by atoms with Crippen LogP contribution < -0.4 is 10.6 Å². The molecule has 2 amide bonds. The molecule has 15 nitrogen and oxygen atoms in total. The van der Waals surface area contributed by atoms with Gasteiger partial charge in [-0.3, -0.25) is 0 Å². The smallest absolute Gasteiger partial charge is 0.408 e. The highest BCUT2D eigenvalue weighted by atomic mass is 19.1. The van der Waals surface area contributed by atoms with Crippen molar-refractivity contribution in [3.05, 3.63) is 142 Å². The lowest BCUT2D eigenvalue weighted by Gasteiger charge is -2.26. The largest absolute Gasteiger partial charge is 0.443 e. The number of hydrogen-bond donors (Lipinski definition) is 3. The van der Waals surface area contributed by atoms with Gasteiger partial charge in [-0.1, -0.05) is 96.4 Å². The number of nitrogens with one attached hydrogen (secondary N) is 3. The van der Waals surface area contributed by atoms with Gasteiger partial charge in [-0.15, -0.1) is 10.2 Å². The zero-order valence-electron chi connectivity index (χ0n) is 31.8. The van der Waals surface area contributed by atoms with Gasteiger partial charge in [0.2, 0.25) is 0 Å². The number of aromatic nitrogens is 9. The van der Waals surface area contributed by atoms with E-state index in [1.54, 1.807) is 47.3 Å². The van der Waals surface area contributed by atoms with Gasteiger partial charge in [-0.2, -0.15) is 15.4 Å². The first-order chi connectivity index (χ1) is 27.6. The normalized spacial score (nSPS) is 13.0. The quantitative estimate of drug-likeness (QED) is 0.119. The van der Waals surface area contributed by atoms with E-state index in [4.69, 9.17) is 9.47 Å². The molecule has 0 spiro atoms. The predicted molar refractivity (Wildman–Crippen MR) is 203 cm³/mol. The predicted octanol–water partition coefficient (Wildman–Crippen LogP) is 6.36. The van der Waals surface area contributed by atoms with Gasteiger partial charge in [-0.05, 0) is 49.9 Å². The molecule has 7 rings (SSSR count). The fraction of sp³-hybridized carbons (Fsp3) is 0.350. The van der Waals surface area contributed by atoms with Gasteiger partial charge in [0, 0.05) is 18.0 Å². The third kappa shape index (κ3) is 12.0. The number of ether oxygens (including phenoxy) is 2. The van der Waals surface area contributed by atoms with Crippen molar-refractivity contribution < 1.29 is 27.8 Å². The van der Waals surface area contributed by atoms with Gasteiger partial charge in [0.25, 0.3) is 0 Å². The highest BCUT2D eigenvalue weighted by Crippen LogP contribution is 2.24. The van der Waals surface area contributed by atoms with E-state index < -0.39 is 11.7 Å². The molecule has 3 aromatic carbocycles. The molecule has 1 saturated carbocycles. The summed E-state index contributed by atoms with van der Waals surface area (Å²) < 4.78 is 41.6. The van der Waals surface area contributed by atoms with Gasteiger partial charge >= 0.3 is 12.2 Å². The number of alkyl carbamates (subject to hydrolysis) is 2. The minimum Gasteiger partial charge on any atom is -0.443 e. The number of amides is 2. The Kier molecular flexibility index (Phi) is 13.6. The van der Waals surface area contributed by atoms with E-state index in [9.17, 15) is 18.4 Å². The van der Waals surface area contributed by atoms with Crippen LogP contribution in [0, 0.1) is 11.6 Å². The van der Waals surface area contributed by atoms with Crippen LogP contribution in [0.3, 0.4) is 0 Å². The number of benzene rings is 3. The van der Waals surface area contributed by atoms with E-state index in [1.165, 1.54) is 36.1 Å². The Morgan fingerprint density at radius 2 is 1.44 bits per heavy atom. The van der Waals surface area contributed by atoms with Crippen LogP contribution in [-0.4, -0.2) is 63.6 Å². The molecule has 0 saturated heterocycles. The van der Waals surface area contributed by atoms with Gasteiger partial charge < -0.3 is 20.1 Å². The number of aromatic amines is 1. The molecule has 298 valence electrons. The van der Waals surface area contributed by atoms with E-state index >= 15 is 0 Å². The van der Waals surface area contributed by atoms with Crippen molar-refractivity contribution in [2.45, 2.75) is 90.3 Å². The second-order valence-electron chi connectivity index (χ2n) is 14.1. The number of H-pyrrole nitrogens is 1. The number of halogens is 2. The minimum absolute atomic E-state index is 0.0547. The van der Waals surface area contributed by atoms with Crippen LogP contribution in [0.2, 0.25) is 0 Å². The Hall–Kier alpha value is -6.52. The molecule has 6 aromatic rings. The lowest BCUT2D eigenvalue weighted by molar-refractivity contribution is 0.0302. The highest BCUT2D eigenvalue weighted by molar-refractivity contribution is 5.68. The van der Waals surface area contributed by atoms with Crippen LogP contribution in [0.4, 0.5) is 18.4 Å². The maximum absolute atomic E-state index is 13.9. The van der Waals surface area contributed by atoms with Crippen molar-refractivity contribution >= 4 is 12.2 Å². The Morgan fingerprint density at radius 3 is 2.18 bits per heavy atom. The van der Waals surface area contributed by atoms with E-state index in [2.05, 4.69) is 46.7 Å². The maximum Gasteiger partial charge on any atom is 0.408 e. The fourth-order valence-electron chi connectivity index (χ4n) is 6.16. The molecule has 3 N–H and O–H groups in total. The Morgan fingerprint density at radius 1 is 0.789 bits per heavy atom. The highest BCUT2D eigenvalue weighted by Gasteiger charge is 2.30. The number of carbonyl (C=O) groups excluding carboxylic acids is 2. The lowest BCUT2D eigenvalue weighted by Crippen LogP contribution is -2.40. The summed E-state index contributed by atoms with van der Waals surface area (Å²) in [5.41, 5.74) is 3.32. The van der Waals surface area contributed by atoms with Crippen molar-refractivity contribution in [1.82, 2.24) is 56.0 Å². The number of carbonyl (C=O) groups is 2. The summed E-state index contributed by atoms with van der Waals surface area (Å²) in [5.74, 6) is -0.667. The molecule has 0 atom stereocenters. The summed E-state index contributed by atoms with van der Waals surface area (Å²) in [6.45, 7) is 4.47. The van der Waals surface area contributed by atoms with Crippen molar-refractivity contribution in [2.24, 2.45) is 0 Å². The SMILES string of the molecule is CC(C)(OC(=O)NC1CCCCC1)c1cn(Cc2ccccc2)nn1.O=C(NCc1n[nH]nc1Cc1ccccc1F)OCc1cn(Cc2ccccc2F)nn1. The number of rotatable bonds is 13. The molecule has 3 aromatic heterocycles. The zero-order valence-corrected chi connectivity index (χ0v) is 31.8. The minimum atomic E-state index is -0.826. The maximum atomic E-state index is 13.9. The molecule has 1 fully saturated rings. The van der Waals surface area contributed by atoms with E-state index in [0.29, 0.717) is 40.4 Å². The Labute approximate surface area is 328 Å². The summed E-state index contributed by atoms with van der Waals surface area (Å²) in [7, 11) is 0. The molecule has 0 bridgehead atoms. The molecule has 0 radical (unpaired) electrons. The van der Waals surface area contributed by atoms with Gasteiger partial charge in [0.15, 0.2) is 5.60 Å². The summed E-state index contributed by atoms with van der Waals surface area (Å²) in [5, 5.41) is 32.2. The van der Waals surface area contributed by atoms with Gasteiger partial charge in [0.1, 0.15) is 35.3 Å². The molecular weight excluding hydrogens is 737 g/mol. The molecule has 1 aliphatic rings. The van der Waals surface area contributed by atoms with Crippen LogP contribution >= 0.6 is 0 Å². The fourth-order valence-corrected chi connectivity index (χ4v) is 6.16. The topological polar surface area (TPSA) is 180 Å². The molecular formula is C40H45F2N11O4. The van der Waals surface area contributed by atoms with E-state index in [0.717, 1.165) is 18.4 Å². The summed E-state index contributed by atoms with van der Waals surface area (Å²) in [6.07, 6.45) is 8.23. The summed E-state index contributed by atoms with van der Waals surface area (Å²) >= 11 is 0. The second kappa shape index (κ2) is 19.4. The van der Waals surface area contributed by atoms with E-state index in [-0.39, 0.29) is 49.9 Å². The van der Waals surface area contributed by atoms with Crippen LogP contribution in [-0.2, 0) is 47.7 Å². The molecule has 1 aliphatic carbocycles. The average molecular weight is 782 g/mol. The third-order valence-electron chi connectivity index (χ3n) is 9.26. The zero-order chi connectivity index (χ0) is 40.0. The lowest BCUT2D eigenvalue weighted by atomic mass is 9.96. The Bertz CT molecular complexity index is 2200. The summed E-state index contributed by atoms with van der Waals surface area (Å²) in [4.78, 5) is 24.2. The van der Waals surface area contributed by atoms with Crippen molar-refractivity contribution in [2.75, 3.05) is 0 Å². The first-order valence-electron chi connectivity index (χ1n) is 18.7. The van der Waals surface area contributed by atoms with Crippen molar-refractivity contribution in [3.8, 4) is 0 Å². The number of nitrogens with zero attached hydrogens (tertiary/aromatic N) is 8. The number of hydrogen-bond acceptors (Lipinski definition) is 10. The Balaban J connectivity index is 0.000000199. The first-order valence-corrected chi connectivity index (χ1v) is 18.7. The van der Waals surface area contributed by atoms with Gasteiger partial charge in [-0.25, -0.2) is 27.7 Å².